The van der Waals surface area contributed by atoms with Gasteiger partial charge in [-0.2, -0.15) is 0 Å². The van der Waals surface area contributed by atoms with Gasteiger partial charge in [0.2, 0.25) is 0 Å². The van der Waals surface area contributed by atoms with Crippen molar-refractivity contribution in [2.75, 3.05) is 11.9 Å². The van der Waals surface area contributed by atoms with Gasteiger partial charge in [-0.15, -0.1) is 0 Å². The maximum atomic E-state index is 10.5. The zero-order valence-corrected chi connectivity index (χ0v) is 8.80. The molecule has 3 N–H and O–H groups in total. The maximum Gasteiger partial charge on any atom is 0.274 e. The van der Waals surface area contributed by atoms with Gasteiger partial charge in [-0.05, 0) is 18.8 Å². The number of nitro groups is 1. The van der Waals surface area contributed by atoms with Gasteiger partial charge in [0, 0.05) is 24.8 Å². The smallest absolute Gasteiger partial charge is 0.274 e. The fraction of sp³-hybridized carbons (Fsp3) is 0.500. The lowest BCUT2D eigenvalue weighted by atomic mass is 10.2. The lowest BCUT2D eigenvalue weighted by Crippen LogP contribution is -2.31. The molecular formula is C10H14N4O2. The Bertz CT molecular complexity index is 392. The van der Waals surface area contributed by atoms with Gasteiger partial charge in [-0.25, -0.2) is 4.98 Å². The molecule has 1 unspecified atom stereocenters. The molecule has 1 aromatic rings. The zero-order chi connectivity index (χ0) is 11.5. The highest BCUT2D eigenvalue weighted by Crippen LogP contribution is 2.31. The Morgan fingerprint density at radius 3 is 3.06 bits per heavy atom. The van der Waals surface area contributed by atoms with Gasteiger partial charge in [0.05, 0.1) is 11.0 Å². The SMILES string of the molecule is NC(CNc1cc([N+](=O)[O-])ccn1)C1CC1. The van der Waals surface area contributed by atoms with Crippen LogP contribution in [-0.2, 0) is 0 Å². The second-order valence-corrected chi connectivity index (χ2v) is 4.04. The second kappa shape index (κ2) is 4.44. The fourth-order valence-corrected chi connectivity index (χ4v) is 1.54. The van der Waals surface area contributed by atoms with E-state index >= 15 is 0 Å². The molecule has 1 aromatic heterocycles. The summed E-state index contributed by atoms with van der Waals surface area (Å²) in [5.41, 5.74) is 5.94. The molecule has 0 saturated heterocycles. The molecule has 0 bridgehead atoms. The molecule has 6 heteroatoms. The molecule has 16 heavy (non-hydrogen) atoms. The van der Waals surface area contributed by atoms with Crippen molar-refractivity contribution >= 4 is 11.5 Å². The number of anilines is 1. The number of pyridine rings is 1. The molecule has 1 saturated carbocycles. The molecule has 1 aliphatic carbocycles. The highest BCUT2D eigenvalue weighted by atomic mass is 16.6. The van der Waals surface area contributed by atoms with Crippen LogP contribution < -0.4 is 11.1 Å². The summed E-state index contributed by atoms with van der Waals surface area (Å²) in [5.74, 6) is 1.11. The van der Waals surface area contributed by atoms with Crippen molar-refractivity contribution in [2.45, 2.75) is 18.9 Å². The molecule has 1 atom stereocenters. The summed E-state index contributed by atoms with van der Waals surface area (Å²) in [7, 11) is 0. The molecular weight excluding hydrogens is 208 g/mol. The number of hydrogen-bond donors (Lipinski definition) is 2. The van der Waals surface area contributed by atoms with Gasteiger partial charge in [-0.3, -0.25) is 10.1 Å². The Labute approximate surface area is 93.0 Å². The average Bonchev–Trinajstić information content (AvgIpc) is 3.10. The summed E-state index contributed by atoms with van der Waals surface area (Å²) >= 11 is 0. The Hall–Kier alpha value is -1.69. The molecule has 2 rings (SSSR count). The molecule has 6 nitrogen and oxygen atoms in total. The van der Waals surface area contributed by atoms with Gasteiger partial charge in [0.25, 0.3) is 5.69 Å². The minimum absolute atomic E-state index is 0.0393. The minimum atomic E-state index is -0.437. The summed E-state index contributed by atoms with van der Waals surface area (Å²) in [6.07, 6.45) is 3.79. The van der Waals surface area contributed by atoms with Crippen molar-refractivity contribution in [2.24, 2.45) is 11.7 Å². The Kier molecular flexibility index (Phi) is 3.00. The molecule has 0 aromatic carbocycles. The van der Waals surface area contributed by atoms with E-state index < -0.39 is 4.92 Å². The van der Waals surface area contributed by atoms with E-state index in [-0.39, 0.29) is 11.7 Å². The van der Waals surface area contributed by atoms with E-state index in [2.05, 4.69) is 10.3 Å². The van der Waals surface area contributed by atoms with Crippen LogP contribution in [0.25, 0.3) is 0 Å². The van der Waals surface area contributed by atoms with Crippen LogP contribution in [0.15, 0.2) is 18.3 Å². The molecule has 1 aliphatic rings. The highest BCUT2D eigenvalue weighted by molar-refractivity contribution is 5.44. The first-order chi connectivity index (χ1) is 7.66. The summed E-state index contributed by atoms with van der Waals surface area (Å²) in [6.45, 7) is 0.610. The van der Waals surface area contributed by atoms with E-state index in [1.807, 2.05) is 0 Å². The predicted molar refractivity (Wildman–Crippen MR) is 60.1 cm³/mol. The van der Waals surface area contributed by atoms with Crippen molar-refractivity contribution in [1.29, 1.82) is 0 Å². The third-order valence-corrected chi connectivity index (χ3v) is 2.70. The van der Waals surface area contributed by atoms with E-state index in [0.29, 0.717) is 18.3 Å². The number of nitrogens with two attached hydrogens (primary N) is 1. The predicted octanol–water partition coefficient (Wildman–Crippen LogP) is 1.14. The number of nitrogens with one attached hydrogen (secondary N) is 1. The maximum absolute atomic E-state index is 10.5. The largest absolute Gasteiger partial charge is 0.368 e. The van der Waals surface area contributed by atoms with Crippen molar-refractivity contribution < 1.29 is 4.92 Å². The standard InChI is InChI=1S/C10H14N4O2/c11-9(7-1-2-7)6-13-10-5-8(14(15)16)3-4-12-10/h3-5,7,9H,1-2,6,11H2,(H,12,13). The summed E-state index contributed by atoms with van der Waals surface area (Å²) < 4.78 is 0. The van der Waals surface area contributed by atoms with Crippen molar-refractivity contribution in [1.82, 2.24) is 4.98 Å². The number of rotatable bonds is 5. The van der Waals surface area contributed by atoms with Gasteiger partial charge >= 0.3 is 0 Å². The van der Waals surface area contributed by atoms with Crippen molar-refractivity contribution in [3.05, 3.63) is 28.4 Å². The molecule has 0 spiro atoms. The Balaban J connectivity index is 1.92. The van der Waals surface area contributed by atoms with Crippen LogP contribution in [0.1, 0.15) is 12.8 Å². The molecule has 1 fully saturated rings. The fourth-order valence-electron chi connectivity index (χ4n) is 1.54. The molecule has 0 aliphatic heterocycles. The van der Waals surface area contributed by atoms with E-state index in [9.17, 15) is 10.1 Å². The van der Waals surface area contributed by atoms with Gasteiger partial charge in [0.15, 0.2) is 0 Å². The summed E-state index contributed by atoms with van der Waals surface area (Å²) in [5, 5.41) is 13.6. The quantitative estimate of drug-likeness (QED) is 0.575. The van der Waals surface area contributed by atoms with Gasteiger partial charge in [-0.1, -0.05) is 0 Å². The lowest BCUT2D eigenvalue weighted by molar-refractivity contribution is -0.384. The molecule has 0 amide bonds. The lowest BCUT2D eigenvalue weighted by Gasteiger charge is -2.11. The van der Waals surface area contributed by atoms with Crippen LogP contribution >= 0.6 is 0 Å². The van der Waals surface area contributed by atoms with E-state index in [4.69, 9.17) is 5.73 Å². The van der Waals surface area contributed by atoms with Crippen LogP contribution in [0.2, 0.25) is 0 Å². The topological polar surface area (TPSA) is 94.1 Å². The molecule has 0 radical (unpaired) electrons. The van der Waals surface area contributed by atoms with Crippen molar-refractivity contribution in [3.8, 4) is 0 Å². The van der Waals surface area contributed by atoms with Gasteiger partial charge < -0.3 is 11.1 Å². The van der Waals surface area contributed by atoms with E-state index in [1.54, 1.807) is 0 Å². The second-order valence-electron chi connectivity index (χ2n) is 4.04. The zero-order valence-electron chi connectivity index (χ0n) is 8.80. The summed E-state index contributed by atoms with van der Waals surface area (Å²) in [6, 6.07) is 2.90. The first-order valence-electron chi connectivity index (χ1n) is 5.26. The molecule has 1 heterocycles. The highest BCUT2D eigenvalue weighted by Gasteiger charge is 2.28. The van der Waals surface area contributed by atoms with Crippen molar-refractivity contribution in [3.63, 3.8) is 0 Å². The first-order valence-corrected chi connectivity index (χ1v) is 5.26. The normalized spacial score (nSPS) is 16.8. The Morgan fingerprint density at radius 2 is 2.44 bits per heavy atom. The van der Waals surface area contributed by atoms with Crippen LogP contribution in [0, 0.1) is 16.0 Å². The van der Waals surface area contributed by atoms with Crippen LogP contribution in [0.3, 0.4) is 0 Å². The van der Waals surface area contributed by atoms with Gasteiger partial charge in [0.1, 0.15) is 5.82 Å². The number of aromatic nitrogens is 1. The van der Waals surface area contributed by atoms with E-state index in [1.165, 1.54) is 31.2 Å². The third kappa shape index (κ3) is 2.66. The average molecular weight is 222 g/mol. The number of nitrogens with zero attached hydrogens (tertiary/aromatic N) is 2. The third-order valence-electron chi connectivity index (χ3n) is 2.70. The monoisotopic (exact) mass is 222 g/mol. The Morgan fingerprint density at radius 1 is 1.69 bits per heavy atom. The van der Waals surface area contributed by atoms with Crippen LogP contribution in [0.4, 0.5) is 11.5 Å². The molecule has 86 valence electrons. The van der Waals surface area contributed by atoms with E-state index in [0.717, 1.165) is 0 Å². The first kappa shape index (κ1) is 10.8. The van der Waals surface area contributed by atoms with Crippen LogP contribution in [-0.4, -0.2) is 22.5 Å². The minimum Gasteiger partial charge on any atom is -0.368 e. The number of hydrogen-bond acceptors (Lipinski definition) is 5. The van der Waals surface area contributed by atoms with Crippen LogP contribution in [0.5, 0.6) is 0 Å². The summed E-state index contributed by atoms with van der Waals surface area (Å²) in [4.78, 5) is 14.1.